The minimum atomic E-state index is -4.53. The molecule has 0 bridgehead atoms. The minimum Gasteiger partial charge on any atom is -0.470 e. The predicted molar refractivity (Wildman–Crippen MR) is 129 cm³/mol. The molecule has 6 aromatic rings. The van der Waals surface area contributed by atoms with Crippen LogP contribution in [0.2, 0.25) is 5.02 Å². The van der Waals surface area contributed by atoms with E-state index in [-0.39, 0.29) is 11.6 Å². The standard InChI is InChI=1S/C23H15ClF3N7OS/c1-11-3-4-13(24)15(7-11)35-10-33-6-5-14(31-33)20-30-21-19-18(28-9-34(21)32-20)17-12(2)8-16(23(25,26)27)29-22(17)36-19/h3-9H,10H2,1-2H3. The Balaban J connectivity index is 1.36. The zero-order chi connectivity index (χ0) is 25.2. The molecule has 13 heteroatoms. The van der Waals surface area contributed by atoms with E-state index >= 15 is 0 Å². The molecule has 36 heavy (non-hydrogen) atoms. The first-order valence-corrected chi connectivity index (χ1v) is 11.8. The summed E-state index contributed by atoms with van der Waals surface area (Å²) in [7, 11) is 0. The van der Waals surface area contributed by atoms with Crippen LogP contribution in [0.3, 0.4) is 0 Å². The molecule has 0 spiro atoms. The van der Waals surface area contributed by atoms with Crippen LogP contribution in [-0.2, 0) is 12.9 Å². The topological polar surface area (TPSA) is 83.0 Å². The van der Waals surface area contributed by atoms with Gasteiger partial charge in [-0.2, -0.15) is 18.3 Å². The van der Waals surface area contributed by atoms with E-state index in [0.29, 0.717) is 49.1 Å². The van der Waals surface area contributed by atoms with E-state index in [0.717, 1.165) is 23.0 Å². The van der Waals surface area contributed by atoms with Gasteiger partial charge in [-0.05, 0) is 49.2 Å². The SMILES string of the molecule is Cc1ccc(Cl)c(OCn2ccc(-c3nc4c5sc6nc(C(F)(F)F)cc(C)c6c5ncn4n3)n2)c1. The van der Waals surface area contributed by atoms with Crippen LogP contribution in [0, 0.1) is 13.8 Å². The largest absolute Gasteiger partial charge is 0.470 e. The molecule has 182 valence electrons. The van der Waals surface area contributed by atoms with Crippen molar-refractivity contribution >= 4 is 49.0 Å². The second-order valence-corrected chi connectivity index (χ2v) is 9.58. The molecule has 5 heterocycles. The van der Waals surface area contributed by atoms with Gasteiger partial charge in [0.25, 0.3) is 0 Å². The van der Waals surface area contributed by atoms with E-state index in [1.54, 1.807) is 29.9 Å². The number of aryl methyl sites for hydroxylation is 2. The highest BCUT2D eigenvalue weighted by molar-refractivity contribution is 7.26. The highest BCUT2D eigenvalue weighted by atomic mass is 35.5. The molecule has 8 nitrogen and oxygen atoms in total. The van der Waals surface area contributed by atoms with Gasteiger partial charge in [0.15, 0.2) is 12.4 Å². The van der Waals surface area contributed by atoms with Crippen LogP contribution in [0.5, 0.6) is 5.75 Å². The summed E-state index contributed by atoms with van der Waals surface area (Å²) in [5.74, 6) is 0.894. The Labute approximate surface area is 209 Å². The molecule has 0 aliphatic heterocycles. The summed E-state index contributed by atoms with van der Waals surface area (Å²) in [6.45, 7) is 3.69. The third kappa shape index (κ3) is 3.82. The van der Waals surface area contributed by atoms with E-state index in [9.17, 15) is 13.2 Å². The number of hydrogen-bond donors (Lipinski definition) is 0. The Morgan fingerprint density at radius 2 is 1.92 bits per heavy atom. The van der Waals surface area contributed by atoms with Crippen molar-refractivity contribution in [3.05, 3.63) is 64.7 Å². The first kappa shape index (κ1) is 22.7. The zero-order valence-electron chi connectivity index (χ0n) is 18.7. The molecule has 0 amide bonds. The van der Waals surface area contributed by atoms with Crippen molar-refractivity contribution in [3.63, 3.8) is 0 Å². The lowest BCUT2D eigenvalue weighted by molar-refractivity contribution is -0.141. The maximum atomic E-state index is 13.3. The first-order valence-electron chi connectivity index (χ1n) is 10.6. The Bertz CT molecular complexity index is 1790. The van der Waals surface area contributed by atoms with Gasteiger partial charge in [0.2, 0.25) is 5.82 Å². The zero-order valence-corrected chi connectivity index (χ0v) is 20.3. The molecule has 0 unspecified atom stereocenters. The van der Waals surface area contributed by atoms with Crippen molar-refractivity contribution < 1.29 is 17.9 Å². The van der Waals surface area contributed by atoms with E-state index in [1.807, 2.05) is 19.1 Å². The number of pyridine rings is 1. The predicted octanol–water partition coefficient (Wildman–Crippen LogP) is 6.08. The van der Waals surface area contributed by atoms with Gasteiger partial charge in [0, 0.05) is 11.6 Å². The van der Waals surface area contributed by atoms with Crippen LogP contribution >= 0.6 is 22.9 Å². The van der Waals surface area contributed by atoms with E-state index < -0.39 is 11.9 Å². The molecule has 0 atom stereocenters. The van der Waals surface area contributed by atoms with Gasteiger partial charge >= 0.3 is 6.18 Å². The van der Waals surface area contributed by atoms with Crippen molar-refractivity contribution in [2.24, 2.45) is 0 Å². The van der Waals surface area contributed by atoms with Crippen LogP contribution < -0.4 is 4.74 Å². The number of aromatic nitrogens is 7. The maximum absolute atomic E-state index is 13.3. The number of hydrogen-bond acceptors (Lipinski definition) is 7. The second-order valence-electron chi connectivity index (χ2n) is 8.18. The molecule has 0 fully saturated rings. The number of alkyl halides is 3. The van der Waals surface area contributed by atoms with E-state index in [1.165, 1.54) is 10.8 Å². The summed E-state index contributed by atoms with van der Waals surface area (Å²) in [4.78, 5) is 13.1. The number of benzene rings is 1. The molecule has 0 saturated carbocycles. The van der Waals surface area contributed by atoms with E-state index in [4.69, 9.17) is 16.3 Å². The lowest BCUT2D eigenvalue weighted by Crippen LogP contribution is -2.07. The fourth-order valence-corrected chi connectivity index (χ4v) is 5.22. The maximum Gasteiger partial charge on any atom is 0.433 e. The van der Waals surface area contributed by atoms with Crippen LogP contribution in [0.25, 0.3) is 37.6 Å². The third-order valence-electron chi connectivity index (χ3n) is 5.56. The Hall–Kier alpha value is -3.77. The lowest BCUT2D eigenvalue weighted by Gasteiger charge is -2.08. The summed E-state index contributed by atoms with van der Waals surface area (Å²) < 4.78 is 49.2. The monoisotopic (exact) mass is 529 g/mol. The summed E-state index contributed by atoms with van der Waals surface area (Å²) >= 11 is 7.29. The van der Waals surface area contributed by atoms with Crippen molar-refractivity contribution in [1.29, 1.82) is 0 Å². The molecule has 0 saturated heterocycles. The average Bonchev–Trinajstić information content (AvgIpc) is 3.54. The lowest BCUT2D eigenvalue weighted by atomic mass is 10.1. The molecule has 0 N–H and O–H groups in total. The molecule has 0 radical (unpaired) electrons. The van der Waals surface area contributed by atoms with Crippen LogP contribution in [0.4, 0.5) is 13.2 Å². The number of rotatable bonds is 4. The highest BCUT2D eigenvalue weighted by Crippen LogP contribution is 2.38. The van der Waals surface area contributed by atoms with Gasteiger partial charge in [-0.1, -0.05) is 17.7 Å². The Morgan fingerprint density at radius 3 is 2.72 bits per heavy atom. The molecular weight excluding hydrogens is 515 g/mol. The molecule has 0 aliphatic carbocycles. The van der Waals surface area contributed by atoms with Crippen molar-refractivity contribution in [3.8, 4) is 17.3 Å². The first-order chi connectivity index (χ1) is 17.2. The van der Waals surface area contributed by atoms with Crippen LogP contribution in [0.1, 0.15) is 16.8 Å². The number of nitrogens with zero attached hydrogens (tertiary/aromatic N) is 7. The highest BCUT2D eigenvalue weighted by Gasteiger charge is 2.33. The molecule has 6 rings (SSSR count). The summed E-state index contributed by atoms with van der Waals surface area (Å²) in [6, 6.07) is 8.28. The summed E-state index contributed by atoms with van der Waals surface area (Å²) in [5, 5.41) is 10.0. The normalized spacial score (nSPS) is 12.3. The van der Waals surface area contributed by atoms with Crippen molar-refractivity contribution in [2.45, 2.75) is 26.8 Å². The van der Waals surface area contributed by atoms with Gasteiger partial charge in [0.1, 0.15) is 33.0 Å². The fourth-order valence-electron chi connectivity index (χ4n) is 3.87. The molecule has 5 aromatic heterocycles. The van der Waals surface area contributed by atoms with Crippen molar-refractivity contribution in [2.75, 3.05) is 0 Å². The summed E-state index contributed by atoms with van der Waals surface area (Å²) in [6.07, 6.45) is -1.33. The summed E-state index contributed by atoms with van der Waals surface area (Å²) in [5.41, 5.74) is 2.03. The van der Waals surface area contributed by atoms with Gasteiger partial charge in [-0.15, -0.1) is 16.4 Å². The van der Waals surface area contributed by atoms with E-state index in [2.05, 4.69) is 25.1 Å². The second kappa shape index (κ2) is 8.14. The smallest absolute Gasteiger partial charge is 0.433 e. The third-order valence-corrected chi connectivity index (χ3v) is 6.94. The van der Waals surface area contributed by atoms with Gasteiger partial charge in [0.05, 0.1) is 10.5 Å². The fraction of sp³-hybridized carbons (Fsp3) is 0.174. The Morgan fingerprint density at radius 1 is 1.08 bits per heavy atom. The molecule has 1 aromatic carbocycles. The number of fused-ring (bicyclic) bond motifs is 5. The van der Waals surface area contributed by atoms with Crippen molar-refractivity contribution in [1.82, 2.24) is 34.3 Å². The minimum absolute atomic E-state index is 0.130. The van der Waals surface area contributed by atoms with Gasteiger partial charge < -0.3 is 4.74 Å². The van der Waals surface area contributed by atoms with Crippen LogP contribution in [-0.4, -0.2) is 34.3 Å². The van der Waals surface area contributed by atoms with Crippen LogP contribution in [0.15, 0.2) is 42.9 Å². The number of thiophene rings is 1. The number of halogens is 4. The van der Waals surface area contributed by atoms with Gasteiger partial charge in [-0.3, -0.25) is 0 Å². The average molecular weight is 530 g/mol. The van der Waals surface area contributed by atoms with Gasteiger partial charge in [-0.25, -0.2) is 24.1 Å². The Kier molecular flexibility index (Phi) is 5.12. The number of ether oxygens (including phenoxy) is 1. The molecule has 0 aliphatic rings. The quantitative estimate of drug-likeness (QED) is 0.275. The molecular formula is C23H15ClF3N7OS.